The third-order valence-corrected chi connectivity index (χ3v) is 6.37. The number of amides is 1. The summed E-state index contributed by atoms with van der Waals surface area (Å²) in [6.45, 7) is 3.96. The molecule has 1 saturated heterocycles. The molecule has 5 rings (SSSR count). The molecule has 1 aliphatic rings. The van der Waals surface area contributed by atoms with Crippen molar-refractivity contribution >= 4 is 45.3 Å². The Bertz CT molecular complexity index is 1190. The fraction of sp³-hybridized carbons (Fsp3) is 0.318. The third-order valence-electron chi connectivity index (χ3n) is 5.45. The van der Waals surface area contributed by atoms with Gasteiger partial charge in [0, 0.05) is 18.5 Å². The monoisotopic (exact) mass is 390 g/mol. The number of thioether (sulfide) groups is 1. The van der Waals surface area contributed by atoms with Gasteiger partial charge in [-0.25, -0.2) is 9.97 Å². The number of carbonyl (C=O) groups is 1. The van der Waals surface area contributed by atoms with Gasteiger partial charge in [0.2, 0.25) is 5.91 Å². The first kappa shape index (κ1) is 17.5. The first-order chi connectivity index (χ1) is 13.7. The van der Waals surface area contributed by atoms with Crippen LogP contribution < -0.4 is 0 Å². The summed E-state index contributed by atoms with van der Waals surface area (Å²) in [7, 11) is 0. The van der Waals surface area contributed by atoms with E-state index in [4.69, 9.17) is 9.97 Å². The maximum atomic E-state index is 12.8. The van der Waals surface area contributed by atoms with Gasteiger partial charge in [0.25, 0.3) is 0 Å². The quantitative estimate of drug-likeness (QED) is 0.385. The van der Waals surface area contributed by atoms with Crippen molar-refractivity contribution in [3.8, 4) is 0 Å². The molecule has 1 amide bonds. The Kier molecular flexibility index (Phi) is 4.43. The lowest BCUT2D eigenvalue weighted by molar-refractivity contribution is -0.130. The Labute approximate surface area is 167 Å². The van der Waals surface area contributed by atoms with Crippen LogP contribution in [0.4, 0.5) is 0 Å². The van der Waals surface area contributed by atoms with E-state index in [9.17, 15) is 4.79 Å². The second kappa shape index (κ2) is 7.09. The molecule has 0 aliphatic carbocycles. The summed E-state index contributed by atoms with van der Waals surface area (Å²) in [6.07, 6.45) is 2.31. The van der Waals surface area contributed by atoms with Gasteiger partial charge in [-0.3, -0.25) is 9.20 Å². The third kappa shape index (κ3) is 3.02. The summed E-state index contributed by atoms with van der Waals surface area (Å²) in [4.78, 5) is 24.5. The molecule has 0 N–H and O–H groups in total. The van der Waals surface area contributed by atoms with Gasteiger partial charge < -0.3 is 4.90 Å². The van der Waals surface area contributed by atoms with Crippen LogP contribution >= 0.6 is 11.8 Å². The van der Waals surface area contributed by atoms with Crippen molar-refractivity contribution in [2.24, 2.45) is 5.92 Å². The van der Waals surface area contributed by atoms with Crippen LogP contribution in [-0.4, -0.2) is 44.0 Å². The molecular weight excluding hydrogens is 368 g/mol. The number of fused-ring (bicyclic) bond motifs is 5. The summed E-state index contributed by atoms with van der Waals surface area (Å²) in [5, 5.41) is 1.85. The SMILES string of the molecule is C[C@H]1CCCN(C(=O)CSc2nc3ccccc3c3nc4ccccc4n23)C1. The highest BCUT2D eigenvalue weighted by Crippen LogP contribution is 2.29. The van der Waals surface area contributed by atoms with E-state index >= 15 is 0 Å². The molecular formula is C22H22N4OS. The van der Waals surface area contributed by atoms with E-state index in [2.05, 4.69) is 23.5 Å². The Morgan fingerprint density at radius 2 is 1.89 bits per heavy atom. The number of nitrogens with zero attached hydrogens (tertiary/aromatic N) is 4. The molecule has 142 valence electrons. The molecule has 3 heterocycles. The van der Waals surface area contributed by atoms with Crippen molar-refractivity contribution in [3.05, 3.63) is 48.5 Å². The minimum Gasteiger partial charge on any atom is -0.342 e. The van der Waals surface area contributed by atoms with E-state index in [1.165, 1.54) is 18.2 Å². The van der Waals surface area contributed by atoms with E-state index in [1.807, 2.05) is 41.3 Å². The molecule has 1 fully saturated rings. The van der Waals surface area contributed by atoms with E-state index in [1.54, 1.807) is 0 Å². The number of hydrogen-bond acceptors (Lipinski definition) is 4. The van der Waals surface area contributed by atoms with E-state index in [0.717, 1.165) is 52.3 Å². The van der Waals surface area contributed by atoms with Gasteiger partial charge in [-0.1, -0.05) is 43.0 Å². The molecule has 5 nitrogen and oxygen atoms in total. The van der Waals surface area contributed by atoms with Gasteiger partial charge in [-0.05, 0) is 43.0 Å². The zero-order valence-corrected chi connectivity index (χ0v) is 16.7. The largest absolute Gasteiger partial charge is 0.342 e. The fourth-order valence-corrected chi connectivity index (χ4v) is 4.96. The highest BCUT2D eigenvalue weighted by Gasteiger charge is 2.22. The topological polar surface area (TPSA) is 50.5 Å². The summed E-state index contributed by atoms with van der Waals surface area (Å²) < 4.78 is 2.09. The number of rotatable bonds is 3. The number of benzene rings is 2. The lowest BCUT2D eigenvalue weighted by Gasteiger charge is -2.30. The lowest BCUT2D eigenvalue weighted by Crippen LogP contribution is -2.40. The molecule has 0 unspecified atom stereocenters. The van der Waals surface area contributed by atoms with Crippen LogP contribution in [0.3, 0.4) is 0 Å². The standard InChI is InChI=1S/C22H22N4OS/c1-15-7-6-12-25(13-15)20(27)14-28-22-24-17-9-3-2-8-16(17)21-23-18-10-4-5-11-19(18)26(21)22/h2-5,8-11,15H,6-7,12-14H2,1H3/t15-/m0/s1. The Morgan fingerprint density at radius 1 is 1.11 bits per heavy atom. The van der Waals surface area contributed by atoms with Gasteiger partial charge in [-0.2, -0.15) is 0 Å². The first-order valence-electron chi connectivity index (χ1n) is 9.77. The van der Waals surface area contributed by atoms with Crippen molar-refractivity contribution in [1.82, 2.24) is 19.3 Å². The minimum atomic E-state index is 0.198. The average Bonchev–Trinajstić information content (AvgIpc) is 3.12. The van der Waals surface area contributed by atoms with Crippen LogP contribution in [0.2, 0.25) is 0 Å². The van der Waals surface area contributed by atoms with Gasteiger partial charge >= 0.3 is 0 Å². The number of imidazole rings is 1. The molecule has 4 aromatic rings. The summed E-state index contributed by atoms with van der Waals surface area (Å²) in [6, 6.07) is 16.2. The van der Waals surface area contributed by atoms with Gasteiger partial charge in [0.1, 0.15) is 5.65 Å². The molecule has 0 radical (unpaired) electrons. The van der Waals surface area contributed by atoms with Crippen molar-refractivity contribution < 1.29 is 4.79 Å². The number of piperidine rings is 1. The molecule has 0 bridgehead atoms. The molecule has 0 saturated carbocycles. The number of likely N-dealkylation sites (tertiary alicyclic amines) is 1. The van der Waals surface area contributed by atoms with Crippen molar-refractivity contribution in [2.45, 2.75) is 24.9 Å². The van der Waals surface area contributed by atoms with E-state index < -0.39 is 0 Å². The summed E-state index contributed by atoms with van der Waals surface area (Å²) in [5.74, 6) is 1.19. The number of para-hydroxylation sites is 3. The molecule has 28 heavy (non-hydrogen) atoms. The van der Waals surface area contributed by atoms with Crippen molar-refractivity contribution in [3.63, 3.8) is 0 Å². The zero-order valence-electron chi connectivity index (χ0n) is 15.8. The predicted octanol–water partition coefficient (Wildman–Crippen LogP) is 4.39. The molecule has 0 spiro atoms. The van der Waals surface area contributed by atoms with Gasteiger partial charge in [-0.15, -0.1) is 0 Å². The normalized spacial score (nSPS) is 17.6. The smallest absolute Gasteiger partial charge is 0.233 e. The van der Waals surface area contributed by atoms with Crippen LogP contribution in [-0.2, 0) is 4.79 Å². The maximum Gasteiger partial charge on any atom is 0.233 e. The van der Waals surface area contributed by atoms with Crippen molar-refractivity contribution in [2.75, 3.05) is 18.8 Å². The second-order valence-electron chi connectivity index (χ2n) is 7.55. The Balaban J connectivity index is 1.55. The van der Waals surface area contributed by atoms with Gasteiger partial charge in [0.15, 0.2) is 5.16 Å². The highest BCUT2D eigenvalue weighted by atomic mass is 32.2. The molecule has 2 aromatic heterocycles. The van der Waals surface area contributed by atoms with Crippen LogP contribution in [0.1, 0.15) is 19.8 Å². The zero-order chi connectivity index (χ0) is 19.1. The minimum absolute atomic E-state index is 0.198. The van der Waals surface area contributed by atoms with Crippen LogP contribution in [0, 0.1) is 5.92 Å². The molecule has 2 aromatic carbocycles. The Hall–Kier alpha value is -2.60. The lowest BCUT2D eigenvalue weighted by atomic mass is 10.0. The molecule has 1 aliphatic heterocycles. The number of aromatic nitrogens is 3. The van der Waals surface area contributed by atoms with E-state index in [0.29, 0.717) is 11.7 Å². The van der Waals surface area contributed by atoms with Crippen molar-refractivity contribution in [1.29, 1.82) is 0 Å². The summed E-state index contributed by atoms with van der Waals surface area (Å²) >= 11 is 1.51. The van der Waals surface area contributed by atoms with Gasteiger partial charge in [0.05, 0.1) is 22.3 Å². The summed E-state index contributed by atoms with van der Waals surface area (Å²) in [5.41, 5.74) is 3.77. The predicted molar refractivity (Wildman–Crippen MR) is 114 cm³/mol. The Morgan fingerprint density at radius 3 is 2.75 bits per heavy atom. The first-order valence-corrected chi connectivity index (χ1v) is 10.8. The highest BCUT2D eigenvalue weighted by molar-refractivity contribution is 7.99. The fourth-order valence-electron chi connectivity index (χ4n) is 4.04. The van der Waals surface area contributed by atoms with Crippen LogP contribution in [0.5, 0.6) is 0 Å². The molecule has 1 atom stereocenters. The average molecular weight is 391 g/mol. The number of carbonyl (C=O) groups excluding carboxylic acids is 1. The van der Waals surface area contributed by atoms with E-state index in [-0.39, 0.29) is 5.91 Å². The molecule has 6 heteroatoms. The maximum absolute atomic E-state index is 12.8. The van der Waals surface area contributed by atoms with Crippen LogP contribution in [0.25, 0.3) is 27.6 Å². The second-order valence-corrected chi connectivity index (χ2v) is 8.49. The van der Waals surface area contributed by atoms with Crippen LogP contribution in [0.15, 0.2) is 53.7 Å². The number of hydrogen-bond donors (Lipinski definition) is 0.